The van der Waals surface area contributed by atoms with E-state index in [2.05, 4.69) is 45.1 Å². The molecule has 0 saturated heterocycles. The number of nitrogens with one attached hydrogen (secondary N) is 1. The van der Waals surface area contributed by atoms with Crippen LogP contribution in [-0.2, 0) is 4.79 Å². The first-order valence-electron chi connectivity index (χ1n) is 7.43. The van der Waals surface area contributed by atoms with E-state index in [4.69, 9.17) is 5.73 Å². The maximum absolute atomic E-state index is 12.2. The van der Waals surface area contributed by atoms with Crippen molar-refractivity contribution in [1.82, 2.24) is 0 Å². The normalized spacial score (nSPS) is 14.4. The van der Waals surface area contributed by atoms with Crippen molar-refractivity contribution in [2.75, 3.05) is 5.32 Å². The molecule has 112 valence electrons. The minimum Gasteiger partial charge on any atom is -0.324 e. The number of nitrogens with two attached hydrogens (primary N) is 1. The highest BCUT2D eigenvalue weighted by molar-refractivity contribution is 5.98. The summed E-state index contributed by atoms with van der Waals surface area (Å²) in [5.74, 6) is 0.710. The van der Waals surface area contributed by atoms with E-state index >= 15 is 0 Å². The van der Waals surface area contributed by atoms with Crippen LogP contribution in [0, 0.1) is 0 Å². The lowest BCUT2D eigenvalue weighted by Gasteiger charge is -2.24. The second-order valence-corrected chi connectivity index (χ2v) is 6.38. The molecule has 20 heavy (non-hydrogen) atoms. The zero-order chi connectivity index (χ0) is 15.5. The molecule has 0 fully saturated rings. The van der Waals surface area contributed by atoms with Crippen LogP contribution in [0.4, 0.5) is 5.69 Å². The first-order valence-corrected chi connectivity index (χ1v) is 7.43. The Balaban J connectivity index is 3.10. The monoisotopic (exact) mass is 276 g/mol. The quantitative estimate of drug-likeness (QED) is 0.854. The van der Waals surface area contributed by atoms with Gasteiger partial charge < -0.3 is 11.1 Å². The highest BCUT2D eigenvalue weighted by atomic mass is 16.2. The number of benzene rings is 1. The number of rotatable bonds is 5. The molecule has 0 radical (unpaired) electrons. The summed E-state index contributed by atoms with van der Waals surface area (Å²) in [6.07, 6.45) is 0.611. The highest BCUT2D eigenvalue weighted by Crippen LogP contribution is 2.29. The Hall–Kier alpha value is -1.35. The lowest BCUT2D eigenvalue weighted by atomic mass is 9.93. The molecule has 3 N–H and O–H groups in total. The minimum absolute atomic E-state index is 0.126. The van der Waals surface area contributed by atoms with Crippen LogP contribution in [0.15, 0.2) is 18.2 Å². The second kappa shape index (κ2) is 6.40. The maximum atomic E-state index is 12.2. The number of carbonyl (C=O) groups is 1. The van der Waals surface area contributed by atoms with Gasteiger partial charge in [0, 0.05) is 5.69 Å². The first-order chi connectivity index (χ1) is 9.19. The van der Waals surface area contributed by atoms with Gasteiger partial charge in [0.05, 0.1) is 5.54 Å². The van der Waals surface area contributed by atoms with Crippen LogP contribution in [0.5, 0.6) is 0 Å². The molecule has 0 aliphatic heterocycles. The SMILES string of the molecule is CCC(C)(N)C(=O)Nc1ccc(C(C)C)cc1C(C)C. The molecule has 1 aromatic rings. The molecule has 1 unspecified atom stereocenters. The van der Waals surface area contributed by atoms with Crippen molar-refractivity contribution in [2.24, 2.45) is 5.73 Å². The van der Waals surface area contributed by atoms with E-state index in [9.17, 15) is 4.79 Å². The smallest absolute Gasteiger partial charge is 0.244 e. The maximum Gasteiger partial charge on any atom is 0.244 e. The Morgan fingerprint density at radius 3 is 2.30 bits per heavy atom. The molecular formula is C17H28N2O. The fourth-order valence-corrected chi connectivity index (χ4v) is 1.96. The molecule has 0 aliphatic rings. The van der Waals surface area contributed by atoms with Crippen LogP contribution in [0.1, 0.15) is 70.9 Å². The average Bonchev–Trinajstić information content (AvgIpc) is 2.38. The van der Waals surface area contributed by atoms with Crippen molar-refractivity contribution in [3.05, 3.63) is 29.3 Å². The molecular weight excluding hydrogens is 248 g/mol. The van der Waals surface area contributed by atoms with Gasteiger partial charge in [0.2, 0.25) is 5.91 Å². The fourth-order valence-electron chi connectivity index (χ4n) is 1.96. The summed E-state index contributed by atoms with van der Waals surface area (Å²) in [5, 5.41) is 2.99. The van der Waals surface area contributed by atoms with Crippen molar-refractivity contribution in [3.8, 4) is 0 Å². The van der Waals surface area contributed by atoms with Gasteiger partial charge in [0.15, 0.2) is 0 Å². The van der Waals surface area contributed by atoms with Crippen molar-refractivity contribution >= 4 is 11.6 Å². The Bertz CT molecular complexity index is 476. The van der Waals surface area contributed by atoms with E-state index in [0.29, 0.717) is 18.3 Å². The summed E-state index contributed by atoms with van der Waals surface area (Å²) in [7, 11) is 0. The van der Waals surface area contributed by atoms with Gasteiger partial charge >= 0.3 is 0 Å². The number of hydrogen-bond acceptors (Lipinski definition) is 2. The van der Waals surface area contributed by atoms with Gasteiger partial charge in [-0.05, 0) is 42.4 Å². The van der Waals surface area contributed by atoms with Crippen LogP contribution < -0.4 is 11.1 Å². The molecule has 0 saturated carbocycles. The molecule has 0 aromatic heterocycles. The van der Waals surface area contributed by atoms with Crippen molar-refractivity contribution in [2.45, 2.75) is 65.3 Å². The lowest BCUT2D eigenvalue weighted by Crippen LogP contribution is -2.47. The van der Waals surface area contributed by atoms with E-state index in [1.807, 2.05) is 13.0 Å². The summed E-state index contributed by atoms with van der Waals surface area (Å²) in [5.41, 5.74) is 8.50. The van der Waals surface area contributed by atoms with Gasteiger partial charge in [-0.15, -0.1) is 0 Å². The van der Waals surface area contributed by atoms with Gasteiger partial charge in [-0.2, -0.15) is 0 Å². The average molecular weight is 276 g/mol. The summed E-state index contributed by atoms with van der Waals surface area (Å²) in [6, 6.07) is 6.25. The summed E-state index contributed by atoms with van der Waals surface area (Å²) in [6.45, 7) is 12.3. The van der Waals surface area contributed by atoms with Crippen LogP contribution in [-0.4, -0.2) is 11.4 Å². The Morgan fingerprint density at radius 2 is 1.85 bits per heavy atom. The third-order valence-electron chi connectivity index (χ3n) is 3.87. The van der Waals surface area contributed by atoms with E-state index in [0.717, 1.165) is 11.3 Å². The number of amides is 1. The minimum atomic E-state index is -0.828. The number of anilines is 1. The first kappa shape index (κ1) is 16.7. The van der Waals surface area contributed by atoms with Gasteiger partial charge in [0.1, 0.15) is 0 Å². The second-order valence-electron chi connectivity index (χ2n) is 6.38. The molecule has 0 spiro atoms. The molecule has 1 atom stereocenters. The van der Waals surface area contributed by atoms with E-state index < -0.39 is 5.54 Å². The zero-order valence-electron chi connectivity index (χ0n) is 13.6. The van der Waals surface area contributed by atoms with Crippen molar-refractivity contribution < 1.29 is 4.79 Å². The standard InChI is InChI=1S/C17H28N2O/c1-7-17(6,18)16(20)19-15-9-8-13(11(2)3)10-14(15)12(4)5/h8-12H,7,18H2,1-6H3,(H,19,20). The van der Waals surface area contributed by atoms with E-state index in [-0.39, 0.29) is 5.91 Å². The van der Waals surface area contributed by atoms with Crippen LogP contribution in [0.2, 0.25) is 0 Å². The van der Waals surface area contributed by atoms with Gasteiger partial charge in [-0.1, -0.05) is 46.8 Å². The van der Waals surface area contributed by atoms with E-state index in [1.165, 1.54) is 5.56 Å². The Labute approximate surface area is 122 Å². The predicted octanol–water partition coefficient (Wildman–Crippen LogP) is 4.00. The number of hydrogen-bond donors (Lipinski definition) is 2. The molecule has 0 bridgehead atoms. The van der Waals surface area contributed by atoms with Crippen molar-refractivity contribution in [1.29, 1.82) is 0 Å². The van der Waals surface area contributed by atoms with Crippen LogP contribution in [0.3, 0.4) is 0 Å². The summed E-state index contributed by atoms with van der Waals surface area (Å²) >= 11 is 0. The third-order valence-corrected chi connectivity index (χ3v) is 3.87. The van der Waals surface area contributed by atoms with E-state index in [1.54, 1.807) is 6.92 Å². The molecule has 1 amide bonds. The highest BCUT2D eigenvalue weighted by Gasteiger charge is 2.26. The molecule has 3 nitrogen and oxygen atoms in total. The topological polar surface area (TPSA) is 55.1 Å². The van der Waals surface area contributed by atoms with Crippen LogP contribution in [0.25, 0.3) is 0 Å². The summed E-state index contributed by atoms with van der Waals surface area (Å²) < 4.78 is 0. The molecule has 1 rings (SSSR count). The summed E-state index contributed by atoms with van der Waals surface area (Å²) in [4.78, 5) is 12.2. The zero-order valence-corrected chi connectivity index (χ0v) is 13.6. The van der Waals surface area contributed by atoms with Gasteiger partial charge in [-0.3, -0.25) is 4.79 Å². The van der Waals surface area contributed by atoms with Crippen molar-refractivity contribution in [3.63, 3.8) is 0 Å². The van der Waals surface area contributed by atoms with Crippen LogP contribution >= 0.6 is 0 Å². The molecule has 1 aromatic carbocycles. The Kier molecular flexibility index (Phi) is 5.35. The third kappa shape index (κ3) is 3.83. The van der Waals surface area contributed by atoms with Gasteiger partial charge in [-0.25, -0.2) is 0 Å². The lowest BCUT2D eigenvalue weighted by molar-refractivity contribution is -0.120. The van der Waals surface area contributed by atoms with Gasteiger partial charge in [0.25, 0.3) is 0 Å². The largest absolute Gasteiger partial charge is 0.324 e. The fraction of sp³-hybridized carbons (Fsp3) is 0.588. The molecule has 0 aliphatic carbocycles. The number of carbonyl (C=O) groups excluding carboxylic acids is 1. The predicted molar refractivity (Wildman–Crippen MR) is 86.1 cm³/mol. The Morgan fingerprint density at radius 1 is 1.25 bits per heavy atom. The molecule has 3 heteroatoms. The molecule has 0 heterocycles.